The van der Waals surface area contributed by atoms with Crippen LogP contribution < -0.4 is 15.0 Å². The van der Waals surface area contributed by atoms with E-state index in [1.165, 1.54) is 0 Å². The first kappa shape index (κ1) is 12.9. The number of hydrogen-bond acceptors (Lipinski definition) is 3. The largest absolute Gasteiger partial charge is 0.454 e. The fourth-order valence-electron chi connectivity index (χ4n) is 3.77. The van der Waals surface area contributed by atoms with Gasteiger partial charge in [-0.15, -0.1) is 0 Å². The minimum atomic E-state index is -0.103. The number of rotatable bonds is 0. The van der Waals surface area contributed by atoms with Crippen molar-refractivity contribution in [3.05, 3.63) is 58.9 Å². The van der Waals surface area contributed by atoms with Crippen LogP contribution in [0.3, 0.4) is 0 Å². The molecule has 0 atom stereocenters. The quantitative estimate of drug-likeness (QED) is 0.422. The lowest BCUT2D eigenvalue weighted by molar-refractivity contribution is 0.174. The molecule has 120 valence electrons. The topological polar surface area (TPSA) is 67.1 Å². The highest BCUT2D eigenvalue weighted by atomic mass is 16.7. The minimum Gasteiger partial charge on any atom is -0.454 e. The predicted octanol–water partition coefficient (Wildman–Crippen LogP) is 4.04. The van der Waals surface area contributed by atoms with E-state index in [1.54, 1.807) is 0 Å². The van der Waals surface area contributed by atoms with Gasteiger partial charge in [-0.2, -0.15) is 0 Å². The van der Waals surface area contributed by atoms with Gasteiger partial charge in [0.25, 0.3) is 5.56 Å². The second-order valence-corrected chi connectivity index (χ2v) is 6.32. The molecular formula is C20H12N2O3. The number of pyridine rings is 1. The first-order valence-corrected chi connectivity index (χ1v) is 8.08. The van der Waals surface area contributed by atoms with Crippen molar-refractivity contribution in [3.63, 3.8) is 0 Å². The van der Waals surface area contributed by atoms with Crippen molar-refractivity contribution in [1.82, 2.24) is 9.97 Å². The predicted molar refractivity (Wildman–Crippen MR) is 97.6 cm³/mol. The van der Waals surface area contributed by atoms with E-state index in [-0.39, 0.29) is 12.4 Å². The number of benzene rings is 3. The molecule has 0 saturated heterocycles. The molecule has 2 aromatic heterocycles. The van der Waals surface area contributed by atoms with Crippen molar-refractivity contribution in [3.8, 4) is 11.5 Å². The molecule has 0 fully saturated rings. The summed E-state index contributed by atoms with van der Waals surface area (Å²) in [5, 5.41) is 4.68. The third kappa shape index (κ3) is 1.64. The Balaban J connectivity index is 1.83. The summed E-state index contributed by atoms with van der Waals surface area (Å²) in [7, 11) is 0. The summed E-state index contributed by atoms with van der Waals surface area (Å²) in [6.07, 6.45) is 0. The molecule has 0 saturated carbocycles. The van der Waals surface area contributed by atoms with E-state index < -0.39 is 0 Å². The van der Waals surface area contributed by atoms with Crippen LogP contribution in [0.1, 0.15) is 0 Å². The normalized spacial score (nSPS) is 13.4. The Morgan fingerprint density at radius 1 is 0.680 bits per heavy atom. The summed E-state index contributed by atoms with van der Waals surface area (Å²) in [6.45, 7) is 0.208. The van der Waals surface area contributed by atoms with E-state index in [1.807, 2.05) is 42.5 Å². The summed E-state index contributed by atoms with van der Waals surface area (Å²) in [5.74, 6) is 1.37. The molecule has 5 aromatic rings. The van der Waals surface area contributed by atoms with Crippen LogP contribution >= 0.6 is 0 Å². The highest BCUT2D eigenvalue weighted by Crippen LogP contribution is 2.38. The molecule has 0 aliphatic carbocycles. The van der Waals surface area contributed by atoms with Crippen LogP contribution in [0.5, 0.6) is 11.5 Å². The van der Waals surface area contributed by atoms with Gasteiger partial charge in [-0.1, -0.05) is 18.2 Å². The van der Waals surface area contributed by atoms with Crippen molar-refractivity contribution in [2.75, 3.05) is 6.79 Å². The van der Waals surface area contributed by atoms with Crippen LogP contribution in [0.2, 0.25) is 0 Å². The minimum absolute atomic E-state index is 0.103. The lowest BCUT2D eigenvalue weighted by Gasteiger charge is -2.06. The molecule has 0 amide bonds. The van der Waals surface area contributed by atoms with E-state index in [4.69, 9.17) is 9.47 Å². The van der Waals surface area contributed by atoms with Gasteiger partial charge in [0, 0.05) is 38.6 Å². The van der Waals surface area contributed by atoms with E-state index in [9.17, 15) is 4.79 Å². The fraction of sp³-hybridized carbons (Fsp3) is 0.0500. The fourth-order valence-corrected chi connectivity index (χ4v) is 3.77. The molecule has 6 rings (SSSR count). The van der Waals surface area contributed by atoms with Gasteiger partial charge >= 0.3 is 0 Å². The zero-order chi connectivity index (χ0) is 16.5. The zero-order valence-corrected chi connectivity index (χ0v) is 13.1. The Bertz CT molecular complexity index is 1400. The van der Waals surface area contributed by atoms with Gasteiger partial charge in [0.05, 0.1) is 5.52 Å². The Labute approximate surface area is 140 Å². The molecule has 1 aliphatic rings. The van der Waals surface area contributed by atoms with Crippen LogP contribution in [0.15, 0.2) is 53.3 Å². The first-order valence-electron chi connectivity index (χ1n) is 8.08. The summed E-state index contributed by atoms with van der Waals surface area (Å²) in [4.78, 5) is 19.1. The van der Waals surface area contributed by atoms with Crippen LogP contribution in [0.4, 0.5) is 0 Å². The molecule has 0 bridgehead atoms. The van der Waals surface area contributed by atoms with E-state index in [2.05, 4.69) is 16.0 Å². The standard InChI is InChI=1S/C20H12N2O3/c23-20-14-5-12-10-3-1-2-4-15(10)21-16(12)6-11(14)13-7-18-19(25-9-24-18)8-17(13)22-20/h1-8,21H,9H2,(H,22,23). The zero-order valence-electron chi connectivity index (χ0n) is 13.1. The third-order valence-corrected chi connectivity index (χ3v) is 4.94. The maximum absolute atomic E-state index is 12.7. The summed E-state index contributed by atoms with van der Waals surface area (Å²) >= 11 is 0. The van der Waals surface area contributed by atoms with Gasteiger partial charge < -0.3 is 19.4 Å². The maximum Gasteiger partial charge on any atom is 0.256 e. The van der Waals surface area contributed by atoms with Gasteiger partial charge in [-0.3, -0.25) is 4.79 Å². The SMILES string of the molecule is O=c1[nH]c2cc3c(cc2c2cc4[nH]c5ccccc5c4cc12)OCO3. The van der Waals surface area contributed by atoms with Crippen molar-refractivity contribution in [2.45, 2.75) is 0 Å². The molecule has 0 spiro atoms. The average Bonchev–Trinajstić information content (AvgIpc) is 3.22. The van der Waals surface area contributed by atoms with Crippen molar-refractivity contribution in [2.24, 2.45) is 0 Å². The first-order chi connectivity index (χ1) is 12.3. The molecule has 5 heteroatoms. The Morgan fingerprint density at radius 3 is 2.36 bits per heavy atom. The Morgan fingerprint density at radius 2 is 1.44 bits per heavy atom. The van der Waals surface area contributed by atoms with Gasteiger partial charge in [0.1, 0.15) is 0 Å². The molecule has 25 heavy (non-hydrogen) atoms. The van der Waals surface area contributed by atoms with Crippen molar-refractivity contribution >= 4 is 43.5 Å². The second-order valence-electron chi connectivity index (χ2n) is 6.32. The van der Waals surface area contributed by atoms with Crippen molar-refractivity contribution < 1.29 is 9.47 Å². The number of ether oxygens (including phenoxy) is 2. The van der Waals surface area contributed by atoms with E-state index in [0.717, 1.165) is 38.1 Å². The van der Waals surface area contributed by atoms with Gasteiger partial charge in [-0.25, -0.2) is 0 Å². The second kappa shape index (κ2) is 4.33. The van der Waals surface area contributed by atoms with Crippen LogP contribution in [-0.4, -0.2) is 16.8 Å². The summed E-state index contributed by atoms with van der Waals surface area (Å²) in [6, 6.07) is 15.9. The highest BCUT2D eigenvalue weighted by Gasteiger charge is 2.17. The summed E-state index contributed by atoms with van der Waals surface area (Å²) in [5.41, 5.74) is 2.72. The maximum atomic E-state index is 12.7. The molecule has 3 aromatic carbocycles. The molecule has 0 radical (unpaired) electrons. The average molecular weight is 328 g/mol. The van der Waals surface area contributed by atoms with E-state index in [0.29, 0.717) is 16.9 Å². The number of fused-ring (bicyclic) bond motifs is 7. The molecular weight excluding hydrogens is 316 g/mol. The molecule has 2 N–H and O–H groups in total. The number of H-pyrrole nitrogens is 2. The Hall–Kier alpha value is -3.47. The lowest BCUT2D eigenvalue weighted by Crippen LogP contribution is -2.06. The van der Waals surface area contributed by atoms with Crippen LogP contribution in [0.25, 0.3) is 43.5 Å². The van der Waals surface area contributed by atoms with Crippen LogP contribution in [-0.2, 0) is 0 Å². The smallest absolute Gasteiger partial charge is 0.256 e. The molecule has 0 unspecified atom stereocenters. The van der Waals surface area contributed by atoms with Gasteiger partial charge in [0.2, 0.25) is 6.79 Å². The van der Waals surface area contributed by atoms with Crippen LogP contribution in [0, 0.1) is 0 Å². The number of nitrogens with one attached hydrogen (secondary N) is 2. The monoisotopic (exact) mass is 328 g/mol. The number of aromatic amines is 2. The highest BCUT2D eigenvalue weighted by molar-refractivity contribution is 6.16. The van der Waals surface area contributed by atoms with Gasteiger partial charge in [0.15, 0.2) is 11.5 Å². The molecule has 3 heterocycles. The molecule has 5 nitrogen and oxygen atoms in total. The van der Waals surface area contributed by atoms with Gasteiger partial charge in [-0.05, 0) is 29.7 Å². The molecule has 1 aliphatic heterocycles. The van der Waals surface area contributed by atoms with E-state index >= 15 is 0 Å². The van der Waals surface area contributed by atoms with Crippen molar-refractivity contribution in [1.29, 1.82) is 0 Å². The lowest BCUT2D eigenvalue weighted by atomic mass is 10.0. The number of hydrogen-bond donors (Lipinski definition) is 2. The Kier molecular flexibility index (Phi) is 2.23. The number of para-hydroxylation sites is 1. The number of aromatic nitrogens is 2. The summed E-state index contributed by atoms with van der Waals surface area (Å²) < 4.78 is 10.9. The third-order valence-electron chi connectivity index (χ3n) is 4.94.